The fourth-order valence-electron chi connectivity index (χ4n) is 1.88. The topological polar surface area (TPSA) is 127 Å². The van der Waals surface area contributed by atoms with Crippen LogP contribution in [0.15, 0.2) is 48.5 Å². The van der Waals surface area contributed by atoms with Crippen molar-refractivity contribution in [1.29, 1.82) is 0 Å². The average Bonchev–Trinajstić information content (AvgIpc) is 2.55. The number of rotatable bonds is 4. The molecule has 122 valence electrons. The quantitative estimate of drug-likeness (QED) is 0.441. The minimum absolute atomic E-state index is 0.0371. The van der Waals surface area contributed by atoms with Crippen molar-refractivity contribution in [1.82, 2.24) is 5.32 Å². The third kappa shape index (κ3) is 4.11. The number of nitro benzene ring substituents is 1. The summed E-state index contributed by atoms with van der Waals surface area (Å²) >= 11 is 5.00. The highest BCUT2D eigenvalue weighted by Gasteiger charge is 2.19. The number of nitrogens with zero attached hydrogens (tertiary/aromatic N) is 1. The van der Waals surface area contributed by atoms with E-state index in [1.165, 1.54) is 36.4 Å². The van der Waals surface area contributed by atoms with Crippen molar-refractivity contribution in [3.8, 4) is 0 Å². The van der Waals surface area contributed by atoms with E-state index in [2.05, 4.69) is 10.6 Å². The summed E-state index contributed by atoms with van der Waals surface area (Å²) in [5, 5.41) is 16.0. The van der Waals surface area contributed by atoms with Crippen LogP contribution in [0, 0.1) is 10.1 Å². The number of carbonyl (C=O) groups excluding carboxylic acids is 2. The van der Waals surface area contributed by atoms with Crippen LogP contribution in [0.5, 0.6) is 0 Å². The van der Waals surface area contributed by atoms with Crippen LogP contribution >= 0.6 is 12.2 Å². The van der Waals surface area contributed by atoms with Crippen molar-refractivity contribution in [2.75, 3.05) is 5.32 Å². The van der Waals surface area contributed by atoms with Gasteiger partial charge in [-0.3, -0.25) is 25.0 Å². The monoisotopic (exact) mass is 344 g/mol. The van der Waals surface area contributed by atoms with E-state index in [9.17, 15) is 19.7 Å². The van der Waals surface area contributed by atoms with E-state index < -0.39 is 16.7 Å². The van der Waals surface area contributed by atoms with Gasteiger partial charge in [0.2, 0.25) is 5.91 Å². The molecule has 0 heterocycles. The van der Waals surface area contributed by atoms with Crippen molar-refractivity contribution in [2.45, 2.75) is 0 Å². The smallest absolute Gasteiger partial charge is 0.282 e. The maximum Gasteiger partial charge on any atom is 0.282 e. The van der Waals surface area contributed by atoms with Crippen LogP contribution in [0.4, 0.5) is 11.4 Å². The molecule has 2 aromatic rings. The fourth-order valence-corrected chi connectivity index (χ4v) is 2.09. The maximum atomic E-state index is 12.1. The maximum absolute atomic E-state index is 12.1. The van der Waals surface area contributed by atoms with E-state index in [0.717, 1.165) is 0 Å². The van der Waals surface area contributed by atoms with Gasteiger partial charge in [0.05, 0.1) is 4.92 Å². The number of thiocarbonyl (C=S) groups is 1. The van der Waals surface area contributed by atoms with E-state index in [4.69, 9.17) is 18.0 Å². The molecular weight excluding hydrogens is 332 g/mol. The van der Waals surface area contributed by atoms with Gasteiger partial charge < -0.3 is 11.1 Å². The van der Waals surface area contributed by atoms with Gasteiger partial charge in [0.15, 0.2) is 5.11 Å². The highest BCUT2D eigenvalue weighted by atomic mass is 32.1. The van der Waals surface area contributed by atoms with Gasteiger partial charge in [-0.05, 0) is 42.5 Å². The summed E-state index contributed by atoms with van der Waals surface area (Å²) in [7, 11) is 0. The largest absolute Gasteiger partial charge is 0.366 e. The van der Waals surface area contributed by atoms with Gasteiger partial charge in [0, 0.05) is 17.3 Å². The number of primary amides is 1. The summed E-state index contributed by atoms with van der Waals surface area (Å²) in [5.41, 5.74) is 5.57. The molecule has 0 atom stereocenters. The minimum atomic E-state index is -0.700. The lowest BCUT2D eigenvalue weighted by Crippen LogP contribution is -2.34. The summed E-state index contributed by atoms with van der Waals surface area (Å²) in [5.74, 6) is -1.26. The number of hydrogen-bond donors (Lipinski definition) is 3. The average molecular weight is 344 g/mol. The number of benzene rings is 2. The predicted octanol–water partition coefficient (Wildman–Crippen LogP) is 1.82. The molecule has 0 spiro atoms. The normalized spacial score (nSPS) is 9.83. The fraction of sp³-hybridized carbons (Fsp3) is 0. The van der Waals surface area contributed by atoms with Crippen molar-refractivity contribution in [2.24, 2.45) is 5.73 Å². The molecule has 4 N–H and O–H groups in total. The van der Waals surface area contributed by atoms with Gasteiger partial charge in [-0.15, -0.1) is 0 Å². The molecule has 2 rings (SSSR count). The summed E-state index contributed by atoms with van der Waals surface area (Å²) < 4.78 is 0. The number of para-hydroxylation sites is 1. The standard InChI is InChI=1S/C15H12N4O4S/c16-13(20)9-5-7-10(8-6-9)17-15(24)18-14(21)11-3-1-2-4-12(11)19(22)23/h1-8H,(H2,16,20)(H2,17,18,21,24). The van der Waals surface area contributed by atoms with Crippen LogP contribution in [0.2, 0.25) is 0 Å². The molecule has 0 fully saturated rings. The number of carbonyl (C=O) groups is 2. The Labute approximate surface area is 141 Å². The van der Waals surface area contributed by atoms with E-state index >= 15 is 0 Å². The predicted molar refractivity (Wildman–Crippen MR) is 91.7 cm³/mol. The number of nitro groups is 1. The molecule has 2 aromatic carbocycles. The summed E-state index contributed by atoms with van der Waals surface area (Å²) in [6, 6.07) is 11.7. The first-order chi connectivity index (χ1) is 11.4. The molecule has 0 unspecified atom stereocenters. The molecule has 0 aliphatic carbocycles. The van der Waals surface area contributed by atoms with Gasteiger partial charge in [-0.2, -0.15) is 0 Å². The van der Waals surface area contributed by atoms with Gasteiger partial charge >= 0.3 is 0 Å². The molecule has 0 aromatic heterocycles. The second kappa shape index (κ2) is 7.29. The second-order valence-corrected chi connectivity index (χ2v) is 5.03. The van der Waals surface area contributed by atoms with Crippen molar-refractivity contribution in [3.05, 3.63) is 69.8 Å². The van der Waals surface area contributed by atoms with Crippen LogP contribution in [-0.2, 0) is 0 Å². The zero-order chi connectivity index (χ0) is 17.7. The lowest BCUT2D eigenvalue weighted by atomic mass is 10.1. The van der Waals surface area contributed by atoms with Gasteiger partial charge in [0.25, 0.3) is 11.6 Å². The Bertz CT molecular complexity index is 820. The highest BCUT2D eigenvalue weighted by molar-refractivity contribution is 7.80. The third-order valence-corrected chi connectivity index (χ3v) is 3.20. The van der Waals surface area contributed by atoms with Crippen LogP contribution in [0.25, 0.3) is 0 Å². The van der Waals surface area contributed by atoms with Crippen LogP contribution in [0.3, 0.4) is 0 Å². The molecule has 8 nitrogen and oxygen atoms in total. The zero-order valence-corrected chi connectivity index (χ0v) is 13.0. The minimum Gasteiger partial charge on any atom is -0.366 e. The number of nitrogens with two attached hydrogens (primary N) is 1. The van der Waals surface area contributed by atoms with Crippen molar-refractivity contribution < 1.29 is 14.5 Å². The Kier molecular flexibility index (Phi) is 5.17. The molecule has 9 heteroatoms. The third-order valence-electron chi connectivity index (χ3n) is 3.00. The SMILES string of the molecule is NC(=O)c1ccc(NC(=S)NC(=O)c2ccccc2[N+](=O)[O-])cc1. The van der Waals surface area contributed by atoms with Crippen molar-refractivity contribution in [3.63, 3.8) is 0 Å². The second-order valence-electron chi connectivity index (χ2n) is 4.62. The molecule has 24 heavy (non-hydrogen) atoms. The van der Waals surface area contributed by atoms with Gasteiger partial charge in [-0.25, -0.2) is 0 Å². The molecular formula is C15H12N4O4S. The van der Waals surface area contributed by atoms with Gasteiger partial charge in [0.1, 0.15) is 5.56 Å². The Morgan fingerprint density at radius 1 is 1.08 bits per heavy atom. The number of amides is 2. The molecule has 0 saturated heterocycles. The van der Waals surface area contributed by atoms with E-state index in [0.29, 0.717) is 11.3 Å². The number of nitrogens with one attached hydrogen (secondary N) is 2. The van der Waals surface area contributed by atoms with Crippen LogP contribution < -0.4 is 16.4 Å². The van der Waals surface area contributed by atoms with Crippen LogP contribution in [0.1, 0.15) is 20.7 Å². The van der Waals surface area contributed by atoms with E-state index in [1.54, 1.807) is 12.1 Å². The highest BCUT2D eigenvalue weighted by Crippen LogP contribution is 2.17. The first-order valence-electron chi connectivity index (χ1n) is 6.64. The molecule has 0 saturated carbocycles. The number of anilines is 1. The summed E-state index contributed by atoms with van der Waals surface area (Å²) in [6.07, 6.45) is 0. The first-order valence-corrected chi connectivity index (χ1v) is 7.05. The molecule has 0 bridgehead atoms. The van der Waals surface area contributed by atoms with E-state index in [1.807, 2.05) is 0 Å². The first kappa shape index (κ1) is 17.0. The molecule has 2 amide bonds. The zero-order valence-electron chi connectivity index (χ0n) is 12.2. The van der Waals surface area contributed by atoms with E-state index in [-0.39, 0.29) is 16.4 Å². The number of hydrogen-bond acceptors (Lipinski definition) is 5. The molecule has 0 aliphatic rings. The van der Waals surface area contributed by atoms with Gasteiger partial charge in [-0.1, -0.05) is 12.1 Å². The Morgan fingerprint density at radius 2 is 1.71 bits per heavy atom. The molecule has 0 aliphatic heterocycles. The Morgan fingerprint density at radius 3 is 2.29 bits per heavy atom. The summed E-state index contributed by atoms with van der Waals surface area (Å²) in [4.78, 5) is 33.4. The Balaban J connectivity index is 2.06. The van der Waals surface area contributed by atoms with Crippen LogP contribution in [-0.4, -0.2) is 21.9 Å². The summed E-state index contributed by atoms with van der Waals surface area (Å²) in [6.45, 7) is 0. The Hall–Kier alpha value is -3.33. The van der Waals surface area contributed by atoms with Crippen molar-refractivity contribution >= 4 is 40.5 Å². The molecule has 0 radical (unpaired) electrons. The lowest BCUT2D eigenvalue weighted by molar-refractivity contribution is -0.385. The lowest BCUT2D eigenvalue weighted by Gasteiger charge is -2.10.